The second-order valence-electron chi connectivity index (χ2n) is 9.52. The van der Waals surface area contributed by atoms with Gasteiger partial charge >= 0.3 is 0 Å². The standard InChI is InChI=1S/C27H32ClN5O2/c1-18(2)8-6-12-24(34)32-15-5-4-9-21(17-32)33-25-22(28)10-7-11-23(25)30-27(33)31-26(35)20-13-14-29-19(3)16-20/h6-7,10-14,16,18,21H,4-5,8-9,15,17H2,1-3H3,(H,30,31,35)/b12-6+/t21-/m1/s1. The number of amides is 2. The fourth-order valence-corrected chi connectivity index (χ4v) is 4.75. The number of fused-ring (bicyclic) bond motifs is 1. The van der Waals surface area contributed by atoms with Crippen LogP contribution in [0.3, 0.4) is 0 Å². The smallest absolute Gasteiger partial charge is 0.258 e. The van der Waals surface area contributed by atoms with Crippen LogP contribution in [-0.4, -0.2) is 44.3 Å². The lowest BCUT2D eigenvalue weighted by molar-refractivity contribution is -0.126. The summed E-state index contributed by atoms with van der Waals surface area (Å²) in [4.78, 5) is 36.8. The minimum absolute atomic E-state index is 0.0194. The molecule has 184 valence electrons. The summed E-state index contributed by atoms with van der Waals surface area (Å²) in [6.45, 7) is 7.35. The molecule has 0 spiro atoms. The first kappa shape index (κ1) is 24.9. The third-order valence-electron chi connectivity index (χ3n) is 6.24. The number of aryl methyl sites for hydroxylation is 1. The van der Waals surface area contributed by atoms with Gasteiger partial charge in [-0.3, -0.25) is 19.9 Å². The molecule has 3 heterocycles. The number of nitrogens with one attached hydrogen (secondary N) is 1. The van der Waals surface area contributed by atoms with Gasteiger partial charge < -0.3 is 9.47 Å². The number of rotatable bonds is 6. The van der Waals surface area contributed by atoms with E-state index in [-0.39, 0.29) is 17.9 Å². The summed E-state index contributed by atoms with van der Waals surface area (Å²) in [7, 11) is 0. The van der Waals surface area contributed by atoms with Gasteiger partial charge in [0.15, 0.2) is 0 Å². The average molecular weight is 494 g/mol. The number of para-hydroxylation sites is 1. The molecule has 0 bridgehead atoms. The highest BCUT2D eigenvalue weighted by Crippen LogP contribution is 2.34. The molecule has 7 nitrogen and oxygen atoms in total. The molecular formula is C27H32ClN5O2. The van der Waals surface area contributed by atoms with Gasteiger partial charge in [-0.2, -0.15) is 0 Å². The number of benzene rings is 1. The SMILES string of the molecule is Cc1cc(C(=O)Nc2nc3cccc(Cl)c3n2[C@@H]2CCCCN(C(=O)/C=C/CC(C)C)C2)ccn1. The molecule has 1 aliphatic rings. The second-order valence-corrected chi connectivity index (χ2v) is 9.93. The molecule has 2 amide bonds. The first-order valence-corrected chi connectivity index (χ1v) is 12.6. The number of anilines is 1. The topological polar surface area (TPSA) is 80.1 Å². The third kappa shape index (κ3) is 5.90. The Morgan fingerprint density at radius 3 is 2.86 bits per heavy atom. The zero-order valence-corrected chi connectivity index (χ0v) is 21.3. The molecule has 35 heavy (non-hydrogen) atoms. The van der Waals surface area contributed by atoms with Gasteiger partial charge in [0.25, 0.3) is 5.91 Å². The lowest BCUT2D eigenvalue weighted by atomic mass is 10.1. The highest BCUT2D eigenvalue weighted by atomic mass is 35.5. The van der Waals surface area contributed by atoms with Crippen molar-refractivity contribution < 1.29 is 9.59 Å². The Morgan fingerprint density at radius 2 is 2.09 bits per heavy atom. The summed E-state index contributed by atoms with van der Waals surface area (Å²) < 4.78 is 2.01. The number of halogens is 1. The van der Waals surface area contributed by atoms with Crippen LogP contribution in [-0.2, 0) is 4.79 Å². The van der Waals surface area contributed by atoms with Gasteiger partial charge in [0.2, 0.25) is 11.9 Å². The van der Waals surface area contributed by atoms with E-state index in [1.54, 1.807) is 24.4 Å². The second kappa shape index (κ2) is 11.0. The van der Waals surface area contributed by atoms with Crippen molar-refractivity contribution in [2.45, 2.75) is 52.5 Å². The van der Waals surface area contributed by atoms with E-state index < -0.39 is 0 Å². The number of hydrogen-bond acceptors (Lipinski definition) is 4. The number of hydrogen-bond donors (Lipinski definition) is 1. The van der Waals surface area contributed by atoms with Crippen molar-refractivity contribution in [1.29, 1.82) is 0 Å². The average Bonchev–Trinajstić information content (AvgIpc) is 3.01. The van der Waals surface area contributed by atoms with E-state index in [1.165, 1.54) is 0 Å². The quantitative estimate of drug-likeness (QED) is 0.440. The summed E-state index contributed by atoms with van der Waals surface area (Å²) in [6, 6.07) is 8.91. The Bertz CT molecular complexity index is 1250. The predicted molar refractivity (Wildman–Crippen MR) is 140 cm³/mol. The number of likely N-dealkylation sites (tertiary alicyclic amines) is 1. The molecule has 0 saturated carbocycles. The van der Waals surface area contributed by atoms with Gasteiger partial charge in [0.1, 0.15) is 0 Å². The molecule has 8 heteroatoms. The molecule has 1 N–H and O–H groups in total. The lowest BCUT2D eigenvalue weighted by Gasteiger charge is -2.26. The first-order valence-electron chi connectivity index (χ1n) is 12.2. The minimum Gasteiger partial charge on any atom is -0.337 e. The fourth-order valence-electron chi connectivity index (χ4n) is 4.49. The molecule has 1 aliphatic heterocycles. The van der Waals surface area contributed by atoms with Crippen molar-refractivity contribution in [1.82, 2.24) is 19.4 Å². The molecule has 0 aliphatic carbocycles. The largest absolute Gasteiger partial charge is 0.337 e. The molecule has 3 aromatic rings. The molecule has 1 aromatic carbocycles. The number of carbonyl (C=O) groups is 2. The normalized spacial score (nSPS) is 16.7. The van der Waals surface area contributed by atoms with Gasteiger partial charge in [0, 0.05) is 30.5 Å². The third-order valence-corrected chi connectivity index (χ3v) is 6.54. The molecule has 0 radical (unpaired) electrons. The predicted octanol–water partition coefficient (Wildman–Crippen LogP) is 5.80. The zero-order chi connectivity index (χ0) is 24.9. The van der Waals surface area contributed by atoms with Gasteiger partial charge in [0.05, 0.1) is 22.1 Å². The van der Waals surface area contributed by atoms with Crippen LogP contribution >= 0.6 is 11.6 Å². The Morgan fingerprint density at radius 1 is 1.26 bits per heavy atom. The maximum Gasteiger partial charge on any atom is 0.258 e. The number of allylic oxidation sites excluding steroid dienone is 1. The monoisotopic (exact) mass is 493 g/mol. The summed E-state index contributed by atoms with van der Waals surface area (Å²) in [5.41, 5.74) is 2.75. The van der Waals surface area contributed by atoms with E-state index in [0.29, 0.717) is 41.1 Å². The van der Waals surface area contributed by atoms with Crippen LogP contribution < -0.4 is 5.32 Å². The van der Waals surface area contributed by atoms with Crippen LogP contribution in [0.15, 0.2) is 48.7 Å². The van der Waals surface area contributed by atoms with Crippen LogP contribution in [0.2, 0.25) is 5.02 Å². The summed E-state index contributed by atoms with van der Waals surface area (Å²) in [6.07, 6.45) is 8.88. The molecule has 4 rings (SSSR count). The highest BCUT2D eigenvalue weighted by molar-refractivity contribution is 6.35. The van der Waals surface area contributed by atoms with Crippen LogP contribution in [0.4, 0.5) is 5.95 Å². The van der Waals surface area contributed by atoms with Crippen LogP contribution in [0.5, 0.6) is 0 Å². The van der Waals surface area contributed by atoms with Crippen LogP contribution in [0.1, 0.15) is 61.6 Å². The molecule has 1 saturated heterocycles. The van der Waals surface area contributed by atoms with Gasteiger partial charge in [-0.05, 0) is 68.9 Å². The summed E-state index contributed by atoms with van der Waals surface area (Å²) in [5.74, 6) is 0.695. The Labute approximate surface area is 211 Å². The van der Waals surface area contributed by atoms with Crippen molar-refractivity contribution in [3.05, 3.63) is 65.0 Å². The maximum absolute atomic E-state index is 13.1. The van der Waals surface area contributed by atoms with Gasteiger partial charge in [-0.25, -0.2) is 4.98 Å². The van der Waals surface area contributed by atoms with E-state index in [0.717, 1.165) is 36.9 Å². The number of nitrogens with zero attached hydrogens (tertiary/aromatic N) is 4. The van der Waals surface area contributed by atoms with Crippen LogP contribution in [0, 0.1) is 12.8 Å². The van der Waals surface area contributed by atoms with E-state index in [1.807, 2.05) is 40.7 Å². The maximum atomic E-state index is 13.1. The molecule has 1 fully saturated rings. The molecular weight excluding hydrogens is 462 g/mol. The minimum atomic E-state index is -0.263. The number of pyridine rings is 1. The first-order chi connectivity index (χ1) is 16.8. The van der Waals surface area contributed by atoms with Crippen molar-refractivity contribution in [2.75, 3.05) is 18.4 Å². The Hall–Kier alpha value is -3.19. The number of carbonyl (C=O) groups excluding carboxylic acids is 2. The molecule has 0 unspecified atom stereocenters. The Balaban J connectivity index is 1.68. The summed E-state index contributed by atoms with van der Waals surface area (Å²) >= 11 is 6.63. The highest BCUT2D eigenvalue weighted by Gasteiger charge is 2.27. The van der Waals surface area contributed by atoms with Gasteiger partial charge in [-0.1, -0.05) is 37.6 Å². The van der Waals surface area contributed by atoms with Crippen molar-refractivity contribution in [3.63, 3.8) is 0 Å². The van der Waals surface area contributed by atoms with E-state index in [9.17, 15) is 9.59 Å². The van der Waals surface area contributed by atoms with E-state index in [4.69, 9.17) is 16.6 Å². The van der Waals surface area contributed by atoms with E-state index in [2.05, 4.69) is 24.1 Å². The van der Waals surface area contributed by atoms with E-state index >= 15 is 0 Å². The van der Waals surface area contributed by atoms with Crippen LogP contribution in [0.25, 0.3) is 11.0 Å². The molecule has 1 atom stereocenters. The lowest BCUT2D eigenvalue weighted by Crippen LogP contribution is -2.34. The van der Waals surface area contributed by atoms with Gasteiger partial charge in [-0.15, -0.1) is 0 Å². The number of aromatic nitrogens is 3. The fraction of sp³-hybridized carbons (Fsp3) is 0.407. The molecule has 2 aromatic heterocycles. The summed E-state index contributed by atoms with van der Waals surface area (Å²) in [5, 5.41) is 3.55. The number of imidazole rings is 1. The Kier molecular flexibility index (Phi) is 7.86. The zero-order valence-electron chi connectivity index (χ0n) is 20.5. The van der Waals surface area contributed by atoms with Crippen molar-refractivity contribution in [3.8, 4) is 0 Å². The van der Waals surface area contributed by atoms with Crippen molar-refractivity contribution in [2.24, 2.45) is 5.92 Å². The van der Waals surface area contributed by atoms with Crippen molar-refractivity contribution >= 4 is 40.4 Å².